The molecule has 2 aromatic rings. The first-order valence-electron chi connectivity index (χ1n) is 8.98. The van der Waals surface area contributed by atoms with Crippen LogP contribution in [0.25, 0.3) is 11.1 Å². The third-order valence-corrected chi connectivity index (χ3v) is 5.51. The van der Waals surface area contributed by atoms with Gasteiger partial charge in [0, 0.05) is 43.0 Å². The van der Waals surface area contributed by atoms with Crippen molar-refractivity contribution in [1.29, 1.82) is 0 Å². The third-order valence-electron chi connectivity index (χ3n) is 5.09. The number of anilines is 1. The molecule has 2 aromatic carbocycles. The average molecular weight is 361 g/mol. The van der Waals surface area contributed by atoms with Crippen LogP contribution in [0.4, 0.5) is 10.1 Å². The minimum Gasteiger partial charge on any atom is -0.369 e. The summed E-state index contributed by atoms with van der Waals surface area (Å²) in [5.41, 5.74) is 4.84. The number of benzene rings is 2. The largest absolute Gasteiger partial charge is 0.369 e. The predicted molar refractivity (Wildman–Crippen MR) is 105 cm³/mol. The fourth-order valence-corrected chi connectivity index (χ4v) is 3.73. The van der Waals surface area contributed by atoms with E-state index in [0.717, 1.165) is 48.6 Å². The van der Waals surface area contributed by atoms with E-state index in [9.17, 15) is 4.39 Å². The van der Waals surface area contributed by atoms with Crippen molar-refractivity contribution in [3.05, 3.63) is 52.5 Å². The van der Waals surface area contributed by atoms with Crippen molar-refractivity contribution in [3.63, 3.8) is 0 Å². The van der Waals surface area contributed by atoms with E-state index in [1.165, 1.54) is 0 Å². The molecule has 0 radical (unpaired) electrons. The SMILES string of the molecule is CC[C@@H](F)c1cc(N2CCN(C)CC2)cc(-c2ccccc2C)c1Cl. The quantitative estimate of drug-likeness (QED) is 0.711. The Labute approximate surface area is 155 Å². The summed E-state index contributed by atoms with van der Waals surface area (Å²) >= 11 is 6.66. The molecule has 0 bridgehead atoms. The Morgan fingerprint density at radius 3 is 2.40 bits per heavy atom. The zero-order valence-corrected chi connectivity index (χ0v) is 16.0. The summed E-state index contributed by atoms with van der Waals surface area (Å²) in [6.45, 7) is 7.87. The van der Waals surface area contributed by atoms with Crippen LogP contribution in [0.3, 0.4) is 0 Å². The molecule has 1 atom stereocenters. The van der Waals surface area contributed by atoms with Gasteiger partial charge in [-0.1, -0.05) is 42.8 Å². The van der Waals surface area contributed by atoms with Gasteiger partial charge in [0.2, 0.25) is 0 Å². The van der Waals surface area contributed by atoms with Crippen LogP contribution in [0.2, 0.25) is 5.02 Å². The molecule has 1 fully saturated rings. The molecule has 1 aliphatic rings. The summed E-state index contributed by atoms with van der Waals surface area (Å²) < 4.78 is 14.6. The lowest BCUT2D eigenvalue weighted by Crippen LogP contribution is -2.44. The van der Waals surface area contributed by atoms with Crippen LogP contribution in [0.15, 0.2) is 36.4 Å². The number of hydrogen-bond donors (Lipinski definition) is 0. The van der Waals surface area contributed by atoms with Crippen molar-refractivity contribution in [2.24, 2.45) is 0 Å². The van der Waals surface area contributed by atoms with Crippen LogP contribution in [-0.2, 0) is 0 Å². The molecule has 0 unspecified atom stereocenters. The Morgan fingerprint density at radius 2 is 1.76 bits per heavy atom. The standard InChI is InChI=1S/C21H26ClFN2/c1-4-20(23)19-14-16(25-11-9-24(3)10-12-25)13-18(21(19)22)17-8-6-5-7-15(17)2/h5-8,13-14,20H,4,9-12H2,1-3H3/t20-/m1/s1. The molecular weight excluding hydrogens is 335 g/mol. The fraction of sp³-hybridized carbons (Fsp3) is 0.429. The van der Waals surface area contributed by atoms with Gasteiger partial charge in [-0.15, -0.1) is 0 Å². The first kappa shape index (κ1) is 18.2. The maximum Gasteiger partial charge on any atom is 0.126 e. The topological polar surface area (TPSA) is 6.48 Å². The maximum atomic E-state index is 14.6. The summed E-state index contributed by atoms with van der Waals surface area (Å²) in [5.74, 6) is 0. The lowest BCUT2D eigenvalue weighted by molar-refractivity contribution is 0.312. The van der Waals surface area contributed by atoms with E-state index in [2.05, 4.69) is 42.0 Å². The molecule has 25 heavy (non-hydrogen) atoms. The predicted octanol–water partition coefficient (Wildman–Crippen LogP) is 5.49. The molecule has 1 saturated heterocycles. The molecule has 0 spiro atoms. The summed E-state index contributed by atoms with van der Waals surface area (Å²) in [5, 5.41) is 0.543. The van der Waals surface area contributed by atoms with Gasteiger partial charge < -0.3 is 9.80 Å². The Balaban J connectivity index is 2.10. The van der Waals surface area contributed by atoms with Crippen molar-refractivity contribution >= 4 is 17.3 Å². The van der Waals surface area contributed by atoms with E-state index >= 15 is 0 Å². The van der Waals surface area contributed by atoms with Crippen molar-refractivity contribution in [2.75, 3.05) is 38.1 Å². The minimum atomic E-state index is -1.04. The average Bonchev–Trinajstić information content (AvgIpc) is 2.63. The lowest BCUT2D eigenvalue weighted by Gasteiger charge is -2.35. The summed E-state index contributed by atoms with van der Waals surface area (Å²) in [6.07, 6.45) is -0.609. The van der Waals surface area contributed by atoms with E-state index in [1.807, 2.05) is 25.1 Å². The molecule has 0 aromatic heterocycles. The summed E-state index contributed by atoms with van der Waals surface area (Å²) in [6, 6.07) is 12.2. The minimum absolute atomic E-state index is 0.430. The van der Waals surface area contributed by atoms with Gasteiger partial charge in [0.25, 0.3) is 0 Å². The summed E-state index contributed by atoms with van der Waals surface area (Å²) in [4.78, 5) is 4.66. The first-order valence-corrected chi connectivity index (χ1v) is 9.36. The van der Waals surface area contributed by atoms with Gasteiger partial charge in [-0.25, -0.2) is 4.39 Å². The highest BCUT2D eigenvalue weighted by atomic mass is 35.5. The molecule has 1 heterocycles. The maximum absolute atomic E-state index is 14.6. The van der Waals surface area contributed by atoms with Crippen molar-refractivity contribution in [3.8, 4) is 11.1 Å². The van der Waals surface area contributed by atoms with Gasteiger partial charge in [-0.2, -0.15) is 0 Å². The summed E-state index contributed by atoms with van der Waals surface area (Å²) in [7, 11) is 2.14. The van der Waals surface area contributed by atoms with Gasteiger partial charge in [-0.3, -0.25) is 0 Å². The molecule has 4 heteroatoms. The molecule has 134 valence electrons. The van der Waals surface area contributed by atoms with Gasteiger partial charge in [-0.05, 0) is 43.7 Å². The number of hydrogen-bond acceptors (Lipinski definition) is 2. The molecule has 0 N–H and O–H groups in total. The van der Waals surface area contributed by atoms with Crippen molar-refractivity contribution in [1.82, 2.24) is 4.90 Å². The smallest absolute Gasteiger partial charge is 0.126 e. The first-order chi connectivity index (χ1) is 12.0. The van der Waals surface area contributed by atoms with E-state index < -0.39 is 6.17 Å². The molecule has 3 rings (SSSR count). The van der Waals surface area contributed by atoms with Crippen LogP contribution in [0.5, 0.6) is 0 Å². The van der Waals surface area contributed by atoms with Gasteiger partial charge in [0.15, 0.2) is 0 Å². The van der Waals surface area contributed by atoms with Crippen LogP contribution < -0.4 is 4.90 Å². The van der Waals surface area contributed by atoms with Crippen LogP contribution in [0, 0.1) is 6.92 Å². The van der Waals surface area contributed by atoms with E-state index in [4.69, 9.17) is 11.6 Å². The highest BCUT2D eigenvalue weighted by molar-refractivity contribution is 6.34. The Kier molecular flexibility index (Phi) is 5.65. The van der Waals surface area contributed by atoms with E-state index in [0.29, 0.717) is 17.0 Å². The molecule has 2 nitrogen and oxygen atoms in total. The number of piperazine rings is 1. The Hall–Kier alpha value is -1.58. The van der Waals surface area contributed by atoms with Gasteiger partial charge in [0.05, 0.1) is 5.02 Å². The highest BCUT2D eigenvalue weighted by Crippen LogP contribution is 2.40. The normalized spacial score (nSPS) is 16.9. The molecule has 0 saturated carbocycles. The van der Waals surface area contributed by atoms with E-state index in [-0.39, 0.29) is 0 Å². The second kappa shape index (κ2) is 7.76. The zero-order chi connectivity index (χ0) is 18.0. The highest BCUT2D eigenvalue weighted by Gasteiger charge is 2.21. The molecular formula is C21H26ClFN2. The molecule has 0 amide bonds. The zero-order valence-electron chi connectivity index (χ0n) is 15.2. The fourth-order valence-electron chi connectivity index (χ4n) is 3.40. The molecule has 1 aliphatic heterocycles. The number of aryl methyl sites for hydroxylation is 1. The van der Waals surface area contributed by atoms with Crippen molar-refractivity contribution < 1.29 is 4.39 Å². The Morgan fingerprint density at radius 1 is 1.08 bits per heavy atom. The second-order valence-corrected chi connectivity index (χ2v) is 7.26. The third kappa shape index (κ3) is 3.83. The Bertz CT molecular complexity index is 739. The van der Waals surface area contributed by atoms with Crippen LogP contribution in [-0.4, -0.2) is 38.1 Å². The van der Waals surface area contributed by atoms with Crippen LogP contribution >= 0.6 is 11.6 Å². The second-order valence-electron chi connectivity index (χ2n) is 6.88. The monoisotopic (exact) mass is 360 g/mol. The van der Waals surface area contributed by atoms with Gasteiger partial charge in [0.1, 0.15) is 6.17 Å². The number of nitrogens with zero attached hydrogens (tertiary/aromatic N) is 2. The lowest BCUT2D eigenvalue weighted by atomic mass is 9.95. The number of likely N-dealkylation sites (N-methyl/N-ethyl adjacent to an activating group) is 1. The number of rotatable bonds is 4. The number of halogens is 2. The van der Waals surface area contributed by atoms with Crippen LogP contribution in [0.1, 0.15) is 30.6 Å². The van der Waals surface area contributed by atoms with E-state index in [1.54, 1.807) is 0 Å². The van der Waals surface area contributed by atoms with Gasteiger partial charge >= 0.3 is 0 Å². The van der Waals surface area contributed by atoms with Crippen molar-refractivity contribution in [2.45, 2.75) is 26.4 Å². The number of alkyl halides is 1. The molecule has 0 aliphatic carbocycles.